The average Bonchev–Trinajstić information content (AvgIpc) is 3.31. The lowest BCUT2D eigenvalue weighted by molar-refractivity contribution is -0.139. The van der Waals surface area contributed by atoms with Gasteiger partial charge in [-0.25, -0.2) is 9.69 Å². The Bertz CT molecular complexity index is 1370. The second-order valence-electron chi connectivity index (χ2n) is 13.5. The molecule has 1 heterocycles. The van der Waals surface area contributed by atoms with E-state index in [4.69, 9.17) is 16.3 Å². The quantitative estimate of drug-likeness (QED) is 0.0377. The fourth-order valence-electron chi connectivity index (χ4n) is 5.75. The average molecular weight is 667 g/mol. The molecule has 0 bridgehead atoms. The van der Waals surface area contributed by atoms with Crippen molar-refractivity contribution in [1.29, 1.82) is 0 Å². The molecule has 1 unspecified atom stereocenters. The Morgan fingerprint density at radius 3 is 1.70 bits per heavy atom. The number of unbranched alkanes of at least 4 members (excludes halogenated alkanes) is 13. The number of benzene rings is 2. The number of amides is 3. The Labute approximate surface area is 285 Å². The first-order valence-electron chi connectivity index (χ1n) is 17.2. The number of hydrogen-bond donors (Lipinski definition) is 1. The van der Waals surface area contributed by atoms with Gasteiger partial charge >= 0.3 is 5.97 Å². The molecule has 2 aromatic carbocycles. The second kappa shape index (κ2) is 18.1. The zero-order chi connectivity index (χ0) is 34.5. The van der Waals surface area contributed by atoms with Gasteiger partial charge in [0.15, 0.2) is 5.78 Å². The van der Waals surface area contributed by atoms with Crippen LogP contribution in [0.3, 0.4) is 0 Å². The highest BCUT2D eigenvalue weighted by molar-refractivity contribution is 6.51. The number of rotatable bonds is 20. The third kappa shape index (κ3) is 10.2. The predicted molar refractivity (Wildman–Crippen MR) is 186 cm³/mol. The number of ketones is 1. The van der Waals surface area contributed by atoms with E-state index in [0.29, 0.717) is 4.90 Å². The van der Waals surface area contributed by atoms with Crippen molar-refractivity contribution < 1.29 is 28.7 Å². The van der Waals surface area contributed by atoms with E-state index >= 15 is 0 Å². The lowest BCUT2D eigenvalue weighted by atomic mass is 9.85. The van der Waals surface area contributed by atoms with Crippen LogP contribution in [0.25, 0.3) is 0 Å². The molecule has 9 heteroatoms. The van der Waals surface area contributed by atoms with Gasteiger partial charge in [0, 0.05) is 11.1 Å². The zero-order valence-electron chi connectivity index (χ0n) is 28.5. The molecule has 0 aliphatic carbocycles. The van der Waals surface area contributed by atoms with Crippen LogP contribution in [0.5, 0.6) is 0 Å². The Balaban J connectivity index is 1.49. The molecule has 0 spiro atoms. The first kappa shape index (κ1) is 37.9. The van der Waals surface area contributed by atoms with Crippen LogP contribution < -0.4 is 5.32 Å². The Hall–Kier alpha value is -3.52. The van der Waals surface area contributed by atoms with E-state index in [1.165, 1.54) is 94.9 Å². The fraction of sp³-hybridized carbons (Fsp3) is 0.553. The van der Waals surface area contributed by atoms with Gasteiger partial charge in [0.1, 0.15) is 0 Å². The maximum atomic E-state index is 13.7. The number of hydrogen-bond acceptors (Lipinski definition) is 6. The fourth-order valence-corrected chi connectivity index (χ4v) is 6.24. The molecular weight excluding hydrogens is 616 g/mol. The molecular formula is C38H51ClN2O6. The summed E-state index contributed by atoms with van der Waals surface area (Å²) in [5, 5.41) is 2.55. The van der Waals surface area contributed by atoms with Crippen LogP contribution in [0.4, 0.5) is 5.69 Å². The smallest absolute Gasteiger partial charge is 0.338 e. The van der Waals surface area contributed by atoms with Crippen LogP contribution in [0.15, 0.2) is 48.5 Å². The van der Waals surface area contributed by atoms with Gasteiger partial charge < -0.3 is 10.1 Å². The number of imide groups is 1. The van der Waals surface area contributed by atoms with E-state index in [-0.39, 0.29) is 29.0 Å². The van der Waals surface area contributed by atoms with Crippen molar-refractivity contribution in [3.63, 3.8) is 0 Å². The molecule has 0 fully saturated rings. The molecule has 3 amide bonds. The van der Waals surface area contributed by atoms with Gasteiger partial charge in [-0.05, 0) is 36.8 Å². The molecule has 1 N–H and O–H groups in total. The van der Waals surface area contributed by atoms with Crippen LogP contribution in [-0.2, 0) is 14.3 Å². The number of halogens is 1. The van der Waals surface area contributed by atoms with E-state index in [1.807, 2.05) is 0 Å². The van der Waals surface area contributed by atoms with E-state index in [1.54, 1.807) is 45.0 Å². The van der Waals surface area contributed by atoms with Crippen molar-refractivity contribution in [3.05, 3.63) is 65.2 Å². The summed E-state index contributed by atoms with van der Waals surface area (Å²) in [7, 11) is 0. The Kier molecular flexibility index (Phi) is 14.6. The monoisotopic (exact) mass is 666 g/mol. The molecule has 0 radical (unpaired) electrons. The third-order valence-electron chi connectivity index (χ3n) is 8.47. The summed E-state index contributed by atoms with van der Waals surface area (Å²) in [6.45, 7) is 7.18. The molecule has 0 saturated heterocycles. The van der Waals surface area contributed by atoms with Crippen LogP contribution in [0.1, 0.15) is 149 Å². The molecule has 0 aromatic heterocycles. The highest BCUT2D eigenvalue weighted by atomic mass is 35.5. The number of ether oxygens (including phenoxy) is 1. The number of alkyl halides is 1. The van der Waals surface area contributed by atoms with Crippen LogP contribution in [-0.4, -0.2) is 46.0 Å². The number of nitrogens with one attached hydrogen (secondary N) is 1. The second-order valence-corrected chi connectivity index (χ2v) is 14.0. The minimum absolute atomic E-state index is 0.0561. The summed E-state index contributed by atoms with van der Waals surface area (Å²) in [6, 6.07) is 12.1. The molecule has 47 heavy (non-hydrogen) atoms. The third-order valence-corrected chi connectivity index (χ3v) is 8.98. The van der Waals surface area contributed by atoms with E-state index < -0.39 is 39.9 Å². The van der Waals surface area contributed by atoms with Crippen LogP contribution >= 0.6 is 11.6 Å². The minimum Gasteiger partial charge on any atom is -0.462 e. The van der Waals surface area contributed by atoms with Gasteiger partial charge in [-0.3, -0.25) is 19.2 Å². The first-order valence-corrected chi connectivity index (χ1v) is 17.6. The number of fused-ring (bicyclic) bond motifs is 1. The summed E-state index contributed by atoms with van der Waals surface area (Å²) >= 11 is 6.77. The summed E-state index contributed by atoms with van der Waals surface area (Å²) in [5.74, 6) is -4.13. The number of nitrogens with zero attached hydrogens (tertiary/aromatic N) is 1. The van der Waals surface area contributed by atoms with Gasteiger partial charge in [-0.1, -0.05) is 141 Å². The lowest BCUT2D eigenvalue weighted by Gasteiger charge is -2.36. The first-order chi connectivity index (χ1) is 22.4. The highest BCUT2D eigenvalue weighted by Crippen LogP contribution is 2.38. The number of anilines is 1. The van der Waals surface area contributed by atoms with Crippen molar-refractivity contribution in [2.24, 2.45) is 5.41 Å². The molecule has 1 atom stereocenters. The van der Waals surface area contributed by atoms with Gasteiger partial charge in [-0.2, -0.15) is 0 Å². The van der Waals surface area contributed by atoms with E-state index in [2.05, 4.69) is 12.2 Å². The van der Waals surface area contributed by atoms with Crippen molar-refractivity contribution in [2.75, 3.05) is 11.9 Å². The van der Waals surface area contributed by atoms with Crippen LogP contribution in [0, 0.1) is 5.41 Å². The topological polar surface area (TPSA) is 110 Å². The Morgan fingerprint density at radius 1 is 0.723 bits per heavy atom. The van der Waals surface area contributed by atoms with Gasteiger partial charge in [0.2, 0.25) is 0 Å². The zero-order valence-corrected chi connectivity index (χ0v) is 29.3. The normalized spacial score (nSPS) is 14.1. The summed E-state index contributed by atoms with van der Waals surface area (Å²) in [5.41, 5.74) is -0.713. The minimum atomic E-state index is -2.67. The van der Waals surface area contributed by atoms with E-state index in [9.17, 15) is 24.0 Å². The standard InChI is InChI=1S/C38H51ClN2O6/c1-5-6-7-8-9-10-11-12-13-14-15-16-17-20-26-47-34(44)28-22-21-23-29(27-28)40-36(46)38(39,35(45)37(2,3)4)41-32(42)30-24-18-19-25-31(30)33(41)43/h18-19,21-25,27H,5-17,20,26H2,1-4H3,(H,40,46). The number of Topliss-reactive ketones (excluding diaryl/α,β-unsaturated/α-hetero) is 1. The SMILES string of the molecule is CCCCCCCCCCCCCCCCOC(=O)c1cccc(NC(=O)C(Cl)(C(=O)C(C)(C)C)N2C(=O)c3ccccc3C2=O)c1. The largest absolute Gasteiger partial charge is 0.462 e. The number of esters is 1. The summed E-state index contributed by atoms with van der Waals surface area (Å²) in [6.07, 6.45) is 17.3. The van der Waals surface area contributed by atoms with Crippen molar-refractivity contribution in [1.82, 2.24) is 4.90 Å². The van der Waals surface area contributed by atoms with Crippen molar-refractivity contribution >= 4 is 46.8 Å². The Morgan fingerprint density at radius 2 is 1.21 bits per heavy atom. The van der Waals surface area contributed by atoms with E-state index in [0.717, 1.165) is 19.3 Å². The maximum absolute atomic E-state index is 13.7. The predicted octanol–water partition coefficient (Wildman–Crippen LogP) is 9.11. The molecule has 256 valence electrons. The summed E-state index contributed by atoms with van der Waals surface area (Å²) < 4.78 is 5.46. The van der Waals surface area contributed by atoms with Gasteiger partial charge in [0.25, 0.3) is 22.7 Å². The van der Waals surface area contributed by atoms with Crippen molar-refractivity contribution in [3.8, 4) is 0 Å². The molecule has 2 aromatic rings. The van der Waals surface area contributed by atoms with Gasteiger partial charge in [0.05, 0.1) is 23.3 Å². The maximum Gasteiger partial charge on any atom is 0.338 e. The molecule has 1 aliphatic rings. The van der Waals surface area contributed by atoms with Crippen LogP contribution in [0.2, 0.25) is 0 Å². The highest BCUT2D eigenvalue weighted by Gasteiger charge is 2.59. The number of carbonyl (C=O) groups is 5. The molecule has 8 nitrogen and oxygen atoms in total. The lowest BCUT2D eigenvalue weighted by Crippen LogP contribution is -2.62. The molecule has 1 aliphatic heterocycles. The van der Waals surface area contributed by atoms with Crippen molar-refractivity contribution in [2.45, 2.75) is 123 Å². The number of carbonyl (C=O) groups excluding carboxylic acids is 5. The molecule has 0 saturated carbocycles. The van der Waals surface area contributed by atoms with Gasteiger partial charge in [-0.15, -0.1) is 0 Å². The summed E-state index contributed by atoms with van der Waals surface area (Å²) in [4.78, 5) is 64.6. The molecule has 3 rings (SSSR count).